The van der Waals surface area contributed by atoms with Gasteiger partial charge >= 0.3 is 5.97 Å². The van der Waals surface area contributed by atoms with Crippen LogP contribution in [0, 0.1) is 11.8 Å². The number of aliphatic hydroxyl groups is 1. The summed E-state index contributed by atoms with van der Waals surface area (Å²) in [6.45, 7) is 0. The Morgan fingerprint density at radius 1 is 1.15 bits per heavy atom. The van der Waals surface area contributed by atoms with Crippen molar-refractivity contribution in [1.29, 1.82) is 0 Å². The van der Waals surface area contributed by atoms with E-state index in [4.69, 9.17) is 9.47 Å². The van der Waals surface area contributed by atoms with E-state index < -0.39 is 11.6 Å². The van der Waals surface area contributed by atoms with Gasteiger partial charge < -0.3 is 14.6 Å². The zero-order chi connectivity index (χ0) is 18.8. The minimum Gasteiger partial charge on any atom is -0.460 e. The summed E-state index contributed by atoms with van der Waals surface area (Å²) in [4.78, 5) is 14.4. The van der Waals surface area contributed by atoms with Gasteiger partial charge in [0.1, 0.15) is 20.2 Å². The first-order chi connectivity index (χ1) is 13.0. The van der Waals surface area contributed by atoms with Gasteiger partial charge in [-0.1, -0.05) is 12.1 Å². The molecule has 0 aromatic carbocycles. The van der Waals surface area contributed by atoms with Crippen LogP contribution in [0.4, 0.5) is 0 Å². The van der Waals surface area contributed by atoms with Gasteiger partial charge in [-0.15, -0.1) is 22.7 Å². The Kier molecular flexibility index (Phi) is 4.05. The molecule has 3 heterocycles. The molecule has 27 heavy (non-hydrogen) atoms. The molecule has 142 valence electrons. The summed E-state index contributed by atoms with van der Waals surface area (Å²) in [6, 6.07) is 7.26. The molecule has 7 heteroatoms. The zero-order valence-corrected chi connectivity index (χ0v) is 16.8. The number of hydrogen-bond donors (Lipinski definition) is 1. The van der Waals surface area contributed by atoms with Crippen molar-refractivity contribution in [3.05, 3.63) is 44.8 Å². The fraction of sp³-hybridized carbons (Fsp3) is 0.500. The van der Waals surface area contributed by atoms with E-state index in [9.17, 15) is 9.90 Å². The normalized spacial score (nSPS) is 31.5. The summed E-state index contributed by atoms with van der Waals surface area (Å²) in [6.07, 6.45) is 1.91. The van der Waals surface area contributed by atoms with Crippen molar-refractivity contribution in [2.24, 2.45) is 11.8 Å². The third-order valence-corrected chi connectivity index (χ3v) is 7.95. The molecule has 5 nitrogen and oxygen atoms in total. The number of nitrogens with zero attached hydrogens (tertiary/aromatic N) is 1. The highest BCUT2D eigenvalue weighted by Gasteiger charge is 2.66. The highest BCUT2D eigenvalue weighted by Crippen LogP contribution is 2.53. The third kappa shape index (κ3) is 2.63. The molecule has 2 aromatic rings. The maximum absolute atomic E-state index is 13.2. The molecule has 3 aliphatic rings. The maximum atomic E-state index is 13.2. The predicted octanol–water partition coefficient (Wildman–Crippen LogP) is 2.48. The average molecular weight is 405 g/mol. The van der Waals surface area contributed by atoms with E-state index in [-0.39, 0.29) is 18.3 Å². The first-order valence-electron chi connectivity index (χ1n) is 9.21. The molecule has 0 amide bonds. The number of carbonyl (C=O) groups excluding carboxylic acids is 1. The molecule has 1 aliphatic heterocycles. The molecule has 3 unspecified atom stereocenters. The van der Waals surface area contributed by atoms with Crippen molar-refractivity contribution >= 4 is 34.4 Å². The maximum Gasteiger partial charge on any atom is 0.349 e. The van der Waals surface area contributed by atoms with E-state index in [2.05, 4.69) is 18.7 Å². The van der Waals surface area contributed by atoms with Crippen molar-refractivity contribution in [3.63, 3.8) is 0 Å². The average Bonchev–Trinajstić information content (AvgIpc) is 3.04. The largest absolute Gasteiger partial charge is 0.460 e. The number of carbonyl (C=O) groups is 1. The number of ether oxygens (including phenoxy) is 2. The molecule has 1 N–H and O–H groups in total. The Hall–Kier alpha value is -1.54. The molecule has 5 rings (SSSR count). The van der Waals surface area contributed by atoms with Gasteiger partial charge in [0, 0.05) is 0 Å². The summed E-state index contributed by atoms with van der Waals surface area (Å²) in [7, 11) is 4.16. The topological polar surface area (TPSA) is 62.1 Å². The van der Waals surface area contributed by atoms with E-state index in [1.54, 1.807) is 12.1 Å². The summed E-state index contributed by atoms with van der Waals surface area (Å²) in [5.74, 6) is 0.0657. The molecule has 2 aromatic heterocycles. The minimum absolute atomic E-state index is 0.181. The molecule has 3 fully saturated rings. The van der Waals surface area contributed by atoms with Gasteiger partial charge in [-0.2, -0.15) is 0 Å². The highest BCUT2D eigenvalue weighted by atomic mass is 32.1. The Bertz CT molecular complexity index is 831. The van der Waals surface area contributed by atoms with Crippen LogP contribution in [0.1, 0.15) is 22.6 Å². The molecule has 0 spiro atoms. The summed E-state index contributed by atoms with van der Waals surface area (Å²) in [5.41, 5.74) is -0.304. The first kappa shape index (κ1) is 17.6. The standard InChI is InChI=1S/C20H22NO4S2/c1-21(2)16-12-9-11(10-13(16)18-17(12)25-18)24-19(22)20(23,14-5-3-7-26-14)15-6-4-8-27-15/h3-8,11-13,17-18,23H,9-10H2,1-2H3/q+1/t11?,12?,13?,17-,18+. The van der Waals surface area contributed by atoms with Crippen LogP contribution < -0.4 is 0 Å². The van der Waals surface area contributed by atoms with E-state index in [1.807, 2.05) is 22.9 Å². The van der Waals surface area contributed by atoms with Crippen LogP contribution in [0.25, 0.3) is 0 Å². The van der Waals surface area contributed by atoms with Crippen LogP contribution >= 0.6 is 22.7 Å². The van der Waals surface area contributed by atoms with Crippen LogP contribution in [-0.2, 0) is 19.9 Å². The van der Waals surface area contributed by atoms with Crippen molar-refractivity contribution < 1.29 is 24.0 Å². The Balaban J connectivity index is 1.40. The lowest BCUT2D eigenvalue weighted by molar-refractivity contribution is -0.470. The van der Waals surface area contributed by atoms with Gasteiger partial charge in [-0.05, 0) is 35.7 Å². The van der Waals surface area contributed by atoms with Crippen molar-refractivity contribution in [2.75, 3.05) is 14.1 Å². The highest BCUT2D eigenvalue weighted by molar-refractivity contribution is 7.12. The SMILES string of the molecule is C[N+](C)=C1C2CC(OC(=O)C(O)(c3cccs3)c3cccs3)CC1[C@@H]1O[C@H]21. The molecular weight excluding hydrogens is 382 g/mol. The Labute approximate surface area is 165 Å². The summed E-state index contributed by atoms with van der Waals surface area (Å²) >= 11 is 2.74. The van der Waals surface area contributed by atoms with Gasteiger partial charge in [-0.25, -0.2) is 9.37 Å². The molecule has 5 atom stereocenters. The third-order valence-electron chi connectivity index (χ3n) is 5.99. The number of esters is 1. The predicted molar refractivity (Wildman–Crippen MR) is 104 cm³/mol. The number of fused-ring (bicyclic) bond motifs is 5. The van der Waals surface area contributed by atoms with Crippen LogP contribution in [-0.4, -0.2) is 53.8 Å². The monoisotopic (exact) mass is 404 g/mol. The van der Waals surface area contributed by atoms with Crippen molar-refractivity contribution in [3.8, 4) is 0 Å². The van der Waals surface area contributed by atoms with Gasteiger partial charge in [0.25, 0.3) is 0 Å². The second kappa shape index (κ2) is 6.24. The van der Waals surface area contributed by atoms with Crippen molar-refractivity contribution in [1.82, 2.24) is 0 Å². The lowest BCUT2D eigenvalue weighted by Gasteiger charge is -2.32. The number of epoxide rings is 1. The van der Waals surface area contributed by atoms with E-state index in [0.717, 1.165) is 12.8 Å². The Morgan fingerprint density at radius 2 is 1.70 bits per heavy atom. The van der Waals surface area contributed by atoms with E-state index in [1.165, 1.54) is 28.4 Å². The molecule has 1 saturated heterocycles. The molecule has 2 bridgehead atoms. The van der Waals surface area contributed by atoms with Gasteiger partial charge in [0.05, 0.1) is 33.8 Å². The van der Waals surface area contributed by atoms with Gasteiger partial charge in [0.2, 0.25) is 5.60 Å². The number of rotatable bonds is 4. The zero-order valence-electron chi connectivity index (χ0n) is 15.2. The smallest absolute Gasteiger partial charge is 0.349 e. The summed E-state index contributed by atoms with van der Waals surface area (Å²) in [5, 5.41) is 15.1. The molecule has 2 aliphatic carbocycles. The second-order valence-corrected chi connectivity index (χ2v) is 9.66. The first-order valence-corrected chi connectivity index (χ1v) is 11.0. The Morgan fingerprint density at radius 3 is 2.15 bits per heavy atom. The quantitative estimate of drug-likeness (QED) is 0.483. The van der Waals surface area contributed by atoms with E-state index >= 15 is 0 Å². The number of thiophene rings is 2. The van der Waals surface area contributed by atoms with E-state index in [0.29, 0.717) is 21.6 Å². The fourth-order valence-corrected chi connectivity index (χ4v) is 6.57. The summed E-state index contributed by atoms with van der Waals surface area (Å²) < 4.78 is 13.9. The lowest BCUT2D eigenvalue weighted by atomic mass is 9.83. The van der Waals surface area contributed by atoms with Crippen LogP contribution in [0.3, 0.4) is 0 Å². The minimum atomic E-state index is -1.73. The van der Waals surface area contributed by atoms with Crippen LogP contribution in [0.5, 0.6) is 0 Å². The van der Waals surface area contributed by atoms with Crippen LogP contribution in [0.15, 0.2) is 35.0 Å². The molecule has 2 saturated carbocycles. The van der Waals surface area contributed by atoms with Crippen LogP contribution in [0.2, 0.25) is 0 Å². The van der Waals surface area contributed by atoms with Gasteiger partial charge in [0.15, 0.2) is 5.71 Å². The second-order valence-electron chi connectivity index (χ2n) is 7.76. The van der Waals surface area contributed by atoms with Crippen molar-refractivity contribution in [2.45, 2.75) is 36.8 Å². The lowest BCUT2D eigenvalue weighted by Crippen LogP contribution is -2.44. The molecule has 0 radical (unpaired) electrons. The number of hydrogen-bond acceptors (Lipinski definition) is 6. The molecular formula is C20H22NO4S2+. The fourth-order valence-electron chi connectivity index (χ4n) is 4.86. The van der Waals surface area contributed by atoms with Gasteiger partial charge in [-0.3, -0.25) is 0 Å².